The average Bonchev–Trinajstić information content (AvgIpc) is 2.99. The maximum absolute atomic E-state index is 13.1. The fourth-order valence-corrected chi connectivity index (χ4v) is 4.72. The van der Waals surface area contributed by atoms with Crippen LogP contribution in [0.2, 0.25) is 0 Å². The number of nitrogens with zero attached hydrogens (tertiary/aromatic N) is 3. The third-order valence-electron chi connectivity index (χ3n) is 6.63. The van der Waals surface area contributed by atoms with E-state index in [9.17, 15) is 9.59 Å². The predicted molar refractivity (Wildman–Crippen MR) is 118 cm³/mol. The molecule has 7 nitrogen and oxygen atoms in total. The van der Waals surface area contributed by atoms with E-state index in [-0.39, 0.29) is 23.8 Å². The lowest BCUT2D eigenvalue weighted by molar-refractivity contribution is -0.129. The van der Waals surface area contributed by atoms with Crippen LogP contribution in [0, 0.1) is 19.8 Å². The van der Waals surface area contributed by atoms with Crippen LogP contribution in [0.4, 0.5) is 0 Å². The van der Waals surface area contributed by atoms with E-state index in [1.54, 1.807) is 4.90 Å². The molecule has 0 aliphatic carbocycles. The van der Waals surface area contributed by atoms with Crippen molar-refractivity contribution in [2.45, 2.75) is 64.6 Å². The highest BCUT2D eigenvalue weighted by Crippen LogP contribution is 2.44. The Balaban J connectivity index is 1.53. The number of hydrogen-bond acceptors (Lipinski definition) is 4. The van der Waals surface area contributed by atoms with Crippen molar-refractivity contribution in [2.75, 3.05) is 13.6 Å². The summed E-state index contributed by atoms with van der Waals surface area (Å²) in [4.78, 5) is 27.1. The number of aryl methyl sites for hydroxylation is 2. The Labute approximate surface area is 183 Å². The van der Waals surface area contributed by atoms with Gasteiger partial charge in [-0.3, -0.25) is 14.3 Å². The second kappa shape index (κ2) is 8.36. The van der Waals surface area contributed by atoms with Gasteiger partial charge >= 0.3 is 0 Å². The van der Waals surface area contributed by atoms with Crippen LogP contribution in [0.25, 0.3) is 0 Å². The molecule has 1 N–H and O–H groups in total. The largest absolute Gasteiger partial charge is 0.487 e. The van der Waals surface area contributed by atoms with Crippen LogP contribution in [0.5, 0.6) is 5.75 Å². The second-order valence-corrected chi connectivity index (χ2v) is 9.16. The summed E-state index contributed by atoms with van der Waals surface area (Å²) >= 11 is 0. The maximum Gasteiger partial charge on any atom is 0.225 e. The van der Waals surface area contributed by atoms with E-state index in [0.29, 0.717) is 32.4 Å². The summed E-state index contributed by atoms with van der Waals surface area (Å²) in [5.41, 5.74) is 2.58. The summed E-state index contributed by atoms with van der Waals surface area (Å²) in [6.07, 6.45) is 2.56. The Hall–Kier alpha value is -2.83. The zero-order valence-corrected chi connectivity index (χ0v) is 18.9. The van der Waals surface area contributed by atoms with Gasteiger partial charge in [0, 0.05) is 44.1 Å². The van der Waals surface area contributed by atoms with E-state index in [2.05, 4.69) is 10.4 Å². The van der Waals surface area contributed by atoms with Gasteiger partial charge in [0.05, 0.1) is 24.2 Å². The molecule has 166 valence electrons. The lowest BCUT2D eigenvalue weighted by Crippen LogP contribution is -2.46. The molecular formula is C24H32N4O3. The number of hydrogen-bond donors (Lipinski definition) is 1. The first-order valence-electron chi connectivity index (χ1n) is 11.1. The zero-order chi connectivity index (χ0) is 22.2. The highest BCUT2D eigenvalue weighted by molar-refractivity contribution is 5.79. The van der Waals surface area contributed by atoms with Crippen molar-refractivity contribution in [1.29, 1.82) is 0 Å². The molecule has 1 spiro atoms. The number of ether oxygens (including phenoxy) is 1. The van der Waals surface area contributed by atoms with Crippen molar-refractivity contribution < 1.29 is 14.3 Å². The summed E-state index contributed by atoms with van der Waals surface area (Å²) in [5, 5.41) is 7.77. The third-order valence-corrected chi connectivity index (χ3v) is 6.63. The first-order valence-corrected chi connectivity index (χ1v) is 11.1. The van der Waals surface area contributed by atoms with Crippen molar-refractivity contribution in [1.82, 2.24) is 20.0 Å². The van der Waals surface area contributed by atoms with Crippen molar-refractivity contribution in [3.63, 3.8) is 0 Å². The standard InChI is InChI=1S/C24H32N4O3/c1-16(15-28-18(3)13-17(2)26-28)23(30)25-20-14-24(10-9-22(29)27(4)12-11-24)31-21-8-6-5-7-19(20)21/h5-8,13,16,20H,9-12,14-15H2,1-4H3,(H,25,30)/t16-,20-,24-/m0/s1. The molecule has 1 saturated heterocycles. The number of carbonyl (C=O) groups is 2. The summed E-state index contributed by atoms with van der Waals surface area (Å²) in [5.74, 6) is 0.748. The van der Waals surface area contributed by atoms with Crippen LogP contribution in [0.3, 0.4) is 0 Å². The van der Waals surface area contributed by atoms with Crippen LogP contribution < -0.4 is 10.1 Å². The zero-order valence-electron chi connectivity index (χ0n) is 18.9. The molecule has 31 heavy (non-hydrogen) atoms. The molecule has 0 bridgehead atoms. The number of amides is 2. The number of benzene rings is 1. The molecule has 2 aliphatic heterocycles. The smallest absolute Gasteiger partial charge is 0.225 e. The highest BCUT2D eigenvalue weighted by Gasteiger charge is 2.43. The number of likely N-dealkylation sites (tertiary alicyclic amines) is 1. The molecule has 1 aromatic carbocycles. The molecule has 3 heterocycles. The Morgan fingerprint density at radius 1 is 1.32 bits per heavy atom. The van der Waals surface area contributed by atoms with Crippen molar-refractivity contribution >= 4 is 11.8 Å². The van der Waals surface area contributed by atoms with E-state index in [1.165, 1.54) is 0 Å². The van der Waals surface area contributed by atoms with Gasteiger partial charge in [0.25, 0.3) is 0 Å². The number of aromatic nitrogens is 2. The topological polar surface area (TPSA) is 76.5 Å². The molecule has 0 unspecified atom stereocenters. The van der Waals surface area contributed by atoms with Gasteiger partial charge in [0.1, 0.15) is 11.4 Å². The van der Waals surface area contributed by atoms with Gasteiger partial charge in [0.15, 0.2) is 0 Å². The molecule has 7 heteroatoms. The van der Waals surface area contributed by atoms with E-state index in [1.807, 2.05) is 62.8 Å². The molecule has 3 atom stereocenters. The fourth-order valence-electron chi connectivity index (χ4n) is 4.72. The molecule has 1 fully saturated rings. The first kappa shape index (κ1) is 21.4. The quantitative estimate of drug-likeness (QED) is 0.818. The fraction of sp³-hybridized carbons (Fsp3) is 0.542. The van der Waals surface area contributed by atoms with Crippen LogP contribution >= 0.6 is 0 Å². The summed E-state index contributed by atoms with van der Waals surface area (Å²) < 4.78 is 8.37. The molecule has 2 amide bonds. The number of rotatable bonds is 4. The van der Waals surface area contributed by atoms with Crippen molar-refractivity contribution in [3.05, 3.63) is 47.3 Å². The molecule has 2 aromatic rings. The van der Waals surface area contributed by atoms with Crippen LogP contribution in [0.15, 0.2) is 30.3 Å². The van der Waals surface area contributed by atoms with E-state index >= 15 is 0 Å². The van der Waals surface area contributed by atoms with E-state index in [0.717, 1.165) is 29.1 Å². The summed E-state index contributed by atoms with van der Waals surface area (Å²) in [7, 11) is 1.85. The number of fused-ring (bicyclic) bond motifs is 1. The minimum atomic E-state index is -0.439. The minimum Gasteiger partial charge on any atom is -0.487 e. The van der Waals surface area contributed by atoms with Gasteiger partial charge < -0.3 is 15.0 Å². The predicted octanol–water partition coefficient (Wildman–Crippen LogP) is 3.16. The molecule has 1 aromatic heterocycles. The van der Waals surface area contributed by atoms with Gasteiger partial charge in [-0.15, -0.1) is 0 Å². The third kappa shape index (κ3) is 4.45. The summed E-state index contributed by atoms with van der Waals surface area (Å²) in [6.45, 7) is 7.11. The first-order chi connectivity index (χ1) is 14.8. The van der Waals surface area contributed by atoms with Crippen LogP contribution in [-0.4, -0.2) is 45.7 Å². The molecular weight excluding hydrogens is 392 g/mol. The van der Waals surface area contributed by atoms with E-state index < -0.39 is 5.60 Å². The Bertz CT molecular complexity index is 985. The van der Waals surface area contributed by atoms with Gasteiger partial charge in [-0.1, -0.05) is 25.1 Å². The monoisotopic (exact) mass is 424 g/mol. The summed E-state index contributed by atoms with van der Waals surface area (Å²) in [6, 6.07) is 9.80. The average molecular weight is 425 g/mol. The van der Waals surface area contributed by atoms with Gasteiger partial charge in [0.2, 0.25) is 11.8 Å². The Morgan fingerprint density at radius 3 is 2.84 bits per heavy atom. The molecule has 0 saturated carbocycles. The number of carbonyl (C=O) groups excluding carboxylic acids is 2. The molecule has 2 aliphatic rings. The molecule has 4 rings (SSSR count). The van der Waals surface area contributed by atoms with Crippen molar-refractivity contribution in [2.24, 2.45) is 5.92 Å². The minimum absolute atomic E-state index is 0.00576. The molecule has 0 radical (unpaired) electrons. The van der Waals surface area contributed by atoms with E-state index in [4.69, 9.17) is 4.74 Å². The van der Waals surface area contributed by atoms with Gasteiger partial charge in [-0.05, 0) is 32.4 Å². The Kier molecular flexibility index (Phi) is 5.77. The highest BCUT2D eigenvalue weighted by atomic mass is 16.5. The van der Waals surface area contributed by atoms with Crippen LogP contribution in [0.1, 0.15) is 55.6 Å². The van der Waals surface area contributed by atoms with Crippen LogP contribution in [-0.2, 0) is 16.1 Å². The van der Waals surface area contributed by atoms with Gasteiger partial charge in [-0.2, -0.15) is 5.10 Å². The second-order valence-electron chi connectivity index (χ2n) is 9.16. The SMILES string of the molecule is Cc1cc(C)n(C[C@H](C)C(=O)N[C@H]2C[C@@]3(CCC(=O)N(C)CC3)Oc3ccccc32)n1. The Morgan fingerprint density at radius 2 is 2.10 bits per heavy atom. The lowest BCUT2D eigenvalue weighted by Gasteiger charge is -2.42. The maximum atomic E-state index is 13.1. The number of nitrogens with one attached hydrogen (secondary N) is 1. The van der Waals surface area contributed by atoms with Crippen molar-refractivity contribution in [3.8, 4) is 5.75 Å². The van der Waals surface area contributed by atoms with Gasteiger partial charge in [-0.25, -0.2) is 0 Å². The normalized spacial score (nSPS) is 24.3. The lowest BCUT2D eigenvalue weighted by atomic mass is 9.82. The number of para-hydroxylation sites is 1.